The molecule has 0 saturated heterocycles. The van der Waals surface area contributed by atoms with Gasteiger partial charge in [-0.05, 0) is 25.0 Å². The van der Waals surface area contributed by atoms with E-state index in [1.807, 2.05) is 24.3 Å². The Hall–Kier alpha value is -2.50. The van der Waals surface area contributed by atoms with Gasteiger partial charge in [0.05, 0.1) is 12.8 Å². The van der Waals surface area contributed by atoms with Crippen LogP contribution in [0, 0.1) is 0 Å². The molecule has 0 aliphatic carbocycles. The van der Waals surface area contributed by atoms with Crippen LogP contribution in [0.25, 0.3) is 0 Å². The van der Waals surface area contributed by atoms with Crippen LogP contribution in [0.4, 0.5) is 0 Å². The smallest absolute Gasteiger partial charge is 0.227 e. The van der Waals surface area contributed by atoms with Crippen molar-refractivity contribution in [1.82, 2.24) is 10.6 Å². The summed E-state index contributed by atoms with van der Waals surface area (Å²) >= 11 is 0. The highest BCUT2D eigenvalue weighted by molar-refractivity contribution is 5.97. The van der Waals surface area contributed by atoms with Crippen LogP contribution < -0.4 is 10.6 Å². The van der Waals surface area contributed by atoms with Crippen molar-refractivity contribution in [2.24, 2.45) is 0 Å². The zero-order chi connectivity index (χ0) is 16.5. The van der Waals surface area contributed by atoms with Crippen LogP contribution in [0.5, 0.6) is 0 Å². The molecule has 0 unspecified atom stereocenters. The predicted octanol–water partition coefficient (Wildman–Crippen LogP) is 0.877. The summed E-state index contributed by atoms with van der Waals surface area (Å²) in [4.78, 5) is 44.5. The number of carbonyl (C=O) groups is 4. The molecule has 0 aromatic heterocycles. The number of nitrogens with one attached hydrogen (secondary N) is 2. The fourth-order valence-electron chi connectivity index (χ4n) is 1.83. The van der Waals surface area contributed by atoms with Gasteiger partial charge in [-0.3, -0.25) is 19.2 Å². The van der Waals surface area contributed by atoms with Crippen LogP contribution in [-0.4, -0.2) is 23.4 Å². The van der Waals surface area contributed by atoms with Crippen LogP contribution in [-0.2, 0) is 32.3 Å². The molecule has 0 bridgehead atoms. The van der Waals surface area contributed by atoms with E-state index in [2.05, 4.69) is 10.6 Å². The lowest BCUT2D eigenvalue weighted by atomic mass is 10.1. The lowest BCUT2D eigenvalue weighted by Gasteiger charge is -2.08. The van der Waals surface area contributed by atoms with Gasteiger partial charge in [-0.15, -0.1) is 0 Å². The SMILES string of the molecule is CC(=O)CC(=O)NCc1cccc(CNC(=O)CC(C)=O)c1. The van der Waals surface area contributed by atoms with Crippen molar-refractivity contribution in [3.8, 4) is 0 Å². The average molecular weight is 304 g/mol. The molecule has 1 aromatic rings. The van der Waals surface area contributed by atoms with Crippen LogP contribution in [0.15, 0.2) is 24.3 Å². The first-order chi connectivity index (χ1) is 10.4. The maximum absolute atomic E-state index is 11.4. The third-order valence-electron chi connectivity index (χ3n) is 2.79. The molecular weight excluding hydrogens is 284 g/mol. The summed E-state index contributed by atoms with van der Waals surface area (Å²) in [7, 11) is 0. The van der Waals surface area contributed by atoms with E-state index in [0.29, 0.717) is 13.1 Å². The summed E-state index contributed by atoms with van der Waals surface area (Å²) in [6.45, 7) is 3.37. The Labute approximate surface area is 129 Å². The summed E-state index contributed by atoms with van der Waals surface area (Å²) in [5, 5.41) is 5.31. The minimum atomic E-state index is -0.312. The predicted molar refractivity (Wildman–Crippen MR) is 80.7 cm³/mol. The molecule has 0 radical (unpaired) electrons. The second-order valence-corrected chi connectivity index (χ2v) is 5.13. The summed E-state index contributed by atoms with van der Waals surface area (Å²) in [6, 6.07) is 7.35. The van der Waals surface area contributed by atoms with Crippen LogP contribution in [0.1, 0.15) is 37.8 Å². The number of Topliss-reactive ketones (excluding diaryl/α,β-unsaturated/α-hetero) is 2. The molecule has 0 heterocycles. The average Bonchev–Trinajstić information content (AvgIpc) is 2.42. The molecule has 1 rings (SSSR count). The number of hydrogen-bond donors (Lipinski definition) is 2. The molecule has 0 fully saturated rings. The Kier molecular flexibility index (Phi) is 6.95. The van der Waals surface area contributed by atoms with Gasteiger partial charge in [-0.2, -0.15) is 0 Å². The molecule has 6 heteroatoms. The number of ketones is 2. The van der Waals surface area contributed by atoms with Gasteiger partial charge in [0, 0.05) is 13.1 Å². The van der Waals surface area contributed by atoms with Gasteiger partial charge in [0.25, 0.3) is 0 Å². The first-order valence-electron chi connectivity index (χ1n) is 6.97. The lowest BCUT2D eigenvalue weighted by Crippen LogP contribution is -2.25. The van der Waals surface area contributed by atoms with Gasteiger partial charge in [0.2, 0.25) is 11.8 Å². The molecule has 0 aliphatic heterocycles. The zero-order valence-corrected chi connectivity index (χ0v) is 12.8. The molecule has 118 valence electrons. The molecular formula is C16H20N2O4. The second-order valence-electron chi connectivity index (χ2n) is 5.13. The second kappa shape index (κ2) is 8.71. The monoisotopic (exact) mass is 304 g/mol. The standard InChI is InChI=1S/C16H20N2O4/c1-11(19)6-15(21)17-9-13-4-3-5-14(8-13)10-18-16(22)7-12(2)20/h3-5,8H,6-7,9-10H2,1-2H3,(H,17,21)(H,18,22). The van der Waals surface area contributed by atoms with Crippen molar-refractivity contribution < 1.29 is 19.2 Å². The summed E-state index contributed by atoms with van der Waals surface area (Å²) in [5.74, 6) is -0.987. The Bertz CT molecular complexity index is 534. The highest BCUT2D eigenvalue weighted by atomic mass is 16.2. The molecule has 0 aliphatic rings. The van der Waals surface area contributed by atoms with Gasteiger partial charge in [0.1, 0.15) is 11.6 Å². The van der Waals surface area contributed by atoms with E-state index in [1.54, 1.807) is 0 Å². The Morgan fingerprint density at radius 1 is 0.818 bits per heavy atom. The van der Waals surface area contributed by atoms with E-state index in [1.165, 1.54) is 13.8 Å². The van der Waals surface area contributed by atoms with Gasteiger partial charge in [0.15, 0.2) is 0 Å². The topological polar surface area (TPSA) is 92.3 Å². The van der Waals surface area contributed by atoms with Crippen molar-refractivity contribution in [2.75, 3.05) is 0 Å². The molecule has 22 heavy (non-hydrogen) atoms. The summed E-state index contributed by atoms with van der Waals surface area (Å²) in [5.41, 5.74) is 1.74. The number of hydrogen-bond acceptors (Lipinski definition) is 4. The van der Waals surface area contributed by atoms with E-state index in [9.17, 15) is 19.2 Å². The first-order valence-corrected chi connectivity index (χ1v) is 6.97. The highest BCUT2D eigenvalue weighted by Crippen LogP contribution is 2.05. The number of benzene rings is 1. The van der Waals surface area contributed by atoms with Gasteiger partial charge in [-0.25, -0.2) is 0 Å². The number of amides is 2. The third kappa shape index (κ3) is 7.33. The van der Waals surface area contributed by atoms with E-state index in [-0.39, 0.29) is 36.2 Å². The van der Waals surface area contributed by atoms with Gasteiger partial charge >= 0.3 is 0 Å². The number of rotatable bonds is 8. The fraction of sp³-hybridized carbons (Fsp3) is 0.375. The highest BCUT2D eigenvalue weighted by Gasteiger charge is 2.06. The zero-order valence-electron chi connectivity index (χ0n) is 12.8. The Morgan fingerprint density at radius 2 is 1.23 bits per heavy atom. The molecule has 1 aromatic carbocycles. The molecule has 0 spiro atoms. The van der Waals surface area contributed by atoms with E-state index < -0.39 is 0 Å². The third-order valence-corrected chi connectivity index (χ3v) is 2.79. The molecule has 0 saturated carbocycles. The Morgan fingerprint density at radius 3 is 1.59 bits per heavy atom. The lowest BCUT2D eigenvalue weighted by molar-refractivity contribution is -0.128. The summed E-state index contributed by atoms with van der Waals surface area (Å²) < 4.78 is 0. The Balaban J connectivity index is 2.48. The maximum Gasteiger partial charge on any atom is 0.227 e. The van der Waals surface area contributed by atoms with Gasteiger partial charge in [-0.1, -0.05) is 24.3 Å². The van der Waals surface area contributed by atoms with Gasteiger partial charge < -0.3 is 10.6 Å². The van der Waals surface area contributed by atoms with Crippen LogP contribution in [0.2, 0.25) is 0 Å². The normalized spacial score (nSPS) is 9.91. The first kappa shape index (κ1) is 17.6. The van der Waals surface area contributed by atoms with E-state index in [4.69, 9.17) is 0 Å². The van der Waals surface area contributed by atoms with Crippen molar-refractivity contribution in [2.45, 2.75) is 39.8 Å². The van der Waals surface area contributed by atoms with Crippen LogP contribution >= 0.6 is 0 Å². The van der Waals surface area contributed by atoms with Crippen LogP contribution in [0.3, 0.4) is 0 Å². The fourth-order valence-corrected chi connectivity index (χ4v) is 1.83. The van der Waals surface area contributed by atoms with Crippen molar-refractivity contribution in [3.63, 3.8) is 0 Å². The minimum absolute atomic E-state index is 0.124. The number of carbonyl (C=O) groups excluding carboxylic acids is 4. The molecule has 6 nitrogen and oxygen atoms in total. The maximum atomic E-state index is 11.4. The minimum Gasteiger partial charge on any atom is -0.352 e. The van der Waals surface area contributed by atoms with Crippen molar-refractivity contribution in [1.29, 1.82) is 0 Å². The molecule has 0 atom stereocenters. The molecule has 2 N–H and O–H groups in total. The van der Waals surface area contributed by atoms with E-state index in [0.717, 1.165) is 11.1 Å². The largest absolute Gasteiger partial charge is 0.352 e. The van der Waals surface area contributed by atoms with Crippen molar-refractivity contribution >= 4 is 23.4 Å². The van der Waals surface area contributed by atoms with E-state index >= 15 is 0 Å². The quantitative estimate of drug-likeness (QED) is 0.697. The molecule has 2 amide bonds. The summed E-state index contributed by atoms with van der Waals surface area (Å²) in [6.07, 6.45) is -0.248. The van der Waals surface area contributed by atoms with Crippen molar-refractivity contribution in [3.05, 3.63) is 35.4 Å².